The van der Waals surface area contributed by atoms with E-state index in [1.165, 1.54) is 11.8 Å². The van der Waals surface area contributed by atoms with Gasteiger partial charge in [-0.1, -0.05) is 55.1 Å². The van der Waals surface area contributed by atoms with Crippen LogP contribution in [-0.4, -0.2) is 34.4 Å². The SMILES string of the molecule is CCCN1C(=O)[C@H](Cc2ccccc2OCc2ccccc2C#N)SC1=Nc1ccc(OCC)cc1. The van der Waals surface area contributed by atoms with Crippen LogP contribution in [0.3, 0.4) is 0 Å². The Labute approximate surface area is 216 Å². The predicted octanol–water partition coefficient (Wildman–Crippen LogP) is 6.12. The normalized spacial score (nSPS) is 16.2. The van der Waals surface area contributed by atoms with E-state index in [2.05, 4.69) is 13.0 Å². The number of hydrogen-bond donors (Lipinski definition) is 0. The van der Waals surface area contributed by atoms with Crippen LogP contribution < -0.4 is 9.47 Å². The van der Waals surface area contributed by atoms with Gasteiger partial charge in [0, 0.05) is 12.1 Å². The first-order valence-electron chi connectivity index (χ1n) is 12.1. The zero-order valence-electron chi connectivity index (χ0n) is 20.5. The van der Waals surface area contributed by atoms with Crippen LogP contribution in [0, 0.1) is 11.3 Å². The molecule has 1 saturated heterocycles. The molecule has 1 aliphatic heterocycles. The van der Waals surface area contributed by atoms with E-state index in [1.807, 2.05) is 73.7 Å². The van der Waals surface area contributed by atoms with Crippen molar-refractivity contribution >= 4 is 28.5 Å². The van der Waals surface area contributed by atoms with Gasteiger partial charge in [0.1, 0.15) is 18.1 Å². The lowest BCUT2D eigenvalue weighted by molar-refractivity contribution is -0.126. The number of rotatable bonds is 10. The van der Waals surface area contributed by atoms with Gasteiger partial charge in [-0.25, -0.2) is 4.99 Å². The van der Waals surface area contributed by atoms with Gasteiger partial charge in [-0.3, -0.25) is 9.69 Å². The van der Waals surface area contributed by atoms with E-state index in [0.29, 0.717) is 31.7 Å². The van der Waals surface area contributed by atoms with Crippen LogP contribution >= 0.6 is 11.8 Å². The number of benzene rings is 3. The van der Waals surface area contributed by atoms with Gasteiger partial charge in [0.25, 0.3) is 0 Å². The maximum atomic E-state index is 13.3. The van der Waals surface area contributed by atoms with Crippen LogP contribution in [0.5, 0.6) is 11.5 Å². The largest absolute Gasteiger partial charge is 0.494 e. The molecular weight excluding hydrogens is 470 g/mol. The lowest BCUT2D eigenvalue weighted by Gasteiger charge is -2.16. The summed E-state index contributed by atoms with van der Waals surface area (Å²) in [5.74, 6) is 1.59. The molecule has 0 saturated carbocycles. The first kappa shape index (κ1) is 25.3. The Morgan fingerprint density at radius 3 is 2.42 bits per heavy atom. The number of amidine groups is 1. The molecule has 1 heterocycles. The van der Waals surface area contributed by atoms with E-state index in [9.17, 15) is 10.1 Å². The Morgan fingerprint density at radius 1 is 0.972 bits per heavy atom. The highest BCUT2D eigenvalue weighted by atomic mass is 32.2. The number of ether oxygens (including phenoxy) is 2. The molecule has 0 unspecified atom stereocenters. The molecule has 36 heavy (non-hydrogen) atoms. The predicted molar refractivity (Wildman–Crippen MR) is 144 cm³/mol. The maximum Gasteiger partial charge on any atom is 0.242 e. The molecule has 4 rings (SSSR count). The monoisotopic (exact) mass is 499 g/mol. The van der Waals surface area contributed by atoms with Crippen molar-refractivity contribution in [2.24, 2.45) is 4.99 Å². The van der Waals surface area contributed by atoms with Crippen molar-refractivity contribution in [3.05, 3.63) is 89.5 Å². The summed E-state index contributed by atoms with van der Waals surface area (Å²) in [5, 5.41) is 9.79. The lowest BCUT2D eigenvalue weighted by atomic mass is 10.1. The lowest BCUT2D eigenvalue weighted by Crippen LogP contribution is -2.33. The van der Waals surface area contributed by atoms with Crippen molar-refractivity contribution < 1.29 is 14.3 Å². The molecule has 0 bridgehead atoms. The van der Waals surface area contributed by atoms with E-state index in [1.54, 1.807) is 11.0 Å². The Bertz CT molecular complexity index is 1270. The molecule has 1 atom stereocenters. The van der Waals surface area contributed by atoms with Gasteiger partial charge in [-0.05, 0) is 61.7 Å². The van der Waals surface area contributed by atoms with Crippen LogP contribution in [-0.2, 0) is 17.8 Å². The van der Waals surface area contributed by atoms with Gasteiger partial charge >= 0.3 is 0 Å². The third kappa shape index (κ3) is 6.07. The first-order valence-corrected chi connectivity index (χ1v) is 13.0. The van der Waals surface area contributed by atoms with Gasteiger partial charge in [-0.2, -0.15) is 5.26 Å². The maximum absolute atomic E-state index is 13.3. The summed E-state index contributed by atoms with van der Waals surface area (Å²) in [5.41, 5.74) is 3.17. The summed E-state index contributed by atoms with van der Waals surface area (Å²) in [6, 6.07) is 25.0. The molecule has 0 spiro atoms. The number of carbonyl (C=O) groups is 1. The summed E-state index contributed by atoms with van der Waals surface area (Å²) in [4.78, 5) is 19.9. The molecule has 6 nitrogen and oxygen atoms in total. The zero-order valence-corrected chi connectivity index (χ0v) is 21.3. The number of thioether (sulfide) groups is 1. The quantitative estimate of drug-likeness (QED) is 0.336. The number of carbonyl (C=O) groups excluding carboxylic acids is 1. The molecule has 1 amide bonds. The summed E-state index contributed by atoms with van der Waals surface area (Å²) in [6.07, 6.45) is 1.38. The Kier molecular flexibility index (Phi) is 8.64. The van der Waals surface area contributed by atoms with E-state index in [-0.39, 0.29) is 11.2 Å². The second-order valence-electron chi connectivity index (χ2n) is 8.29. The minimum atomic E-state index is -0.283. The van der Waals surface area contributed by atoms with Crippen molar-refractivity contribution in [1.29, 1.82) is 5.26 Å². The minimum absolute atomic E-state index is 0.0659. The van der Waals surface area contributed by atoms with E-state index >= 15 is 0 Å². The molecule has 0 aromatic heterocycles. The van der Waals surface area contributed by atoms with Gasteiger partial charge < -0.3 is 9.47 Å². The smallest absolute Gasteiger partial charge is 0.242 e. The molecule has 0 aliphatic carbocycles. The highest BCUT2D eigenvalue weighted by Crippen LogP contribution is 2.34. The molecular formula is C29H29N3O3S. The molecule has 7 heteroatoms. The molecule has 184 valence electrons. The Balaban J connectivity index is 1.51. The van der Waals surface area contributed by atoms with Crippen molar-refractivity contribution in [2.45, 2.75) is 38.5 Å². The zero-order chi connectivity index (χ0) is 25.3. The van der Waals surface area contributed by atoms with Gasteiger partial charge in [-0.15, -0.1) is 0 Å². The van der Waals surface area contributed by atoms with Crippen molar-refractivity contribution in [1.82, 2.24) is 4.90 Å². The summed E-state index contributed by atoms with van der Waals surface area (Å²) in [7, 11) is 0. The fourth-order valence-electron chi connectivity index (χ4n) is 3.97. The van der Waals surface area contributed by atoms with E-state index in [4.69, 9.17) is 14.5 Å². The number of nitrogens with zero attached hydrogens (tertiary/aromatic N) is 3. The average Bonchev–Trinajstić information content (AvgIpc) is 3.18. The Morgan fingerprint density at radius 2 is 1.69 bits per heavy atom. The van der Waals surface area contributed by atoms with Crippen molar-refractivity contribution in [3.8, 4) is 17.6 Å². The standard InChI is InChI=1S/C29H29N3O3S/c1-3-17-32-28(33)27(36-29(32)31-24-13-15-25(16-14-24)34-4-2)18-21-9-7-8-12-26(21)35-20-23-11-6-5-10-22(23)19-30/h5-16,27H,3-4,17-18,20H2,1-2H3/t27-/m0/s1. The molecule has 1 aliphatic rings. The van der Waals surface area contributed by atoms with Crippen molar-refractivity contribution in [2.75, 3.05) is 13.2 Å². The number of hydrogen-bond acceptors (Lipinski definition) is 6. The van der Waals surface area contributed by atoms with E-state index in [0.717, 1.165) is 39.9 Å². The second kappa shape index (κ2) is 12.3. The van der Waals surface area contributed by atoms with Crippen LogP contribution in [0.1, 0.15) is 37.0 Å². The highest BCUT2D eigenvalue weighted by Gasteiger charge is 2.37. The van der Waals surface area contributed by atoms with Crippen LogP contribution in [0.4, 0.5) is 5.69 Å². The topological polar surface area (TPSA) is 74.9 Å². The fraction of sp³-hybridized carbons (Fsp3) is 0.276. The molecule has 3 aromatic rings. The third-order valence-electron chi connectivity index (χ3n) is 5.74. The first-order chi connectivity index (χ1) is 17.6. The van der Waals surface area contributed by atoms with Gasteiger partial charge in [0.15, 0.2) is 5.17 Å². The second-order valence-corrected chi connectivity index (χ2v) is 9.46. The highest BCUT2D eigenvalue weighted by molar-refractivity contribution is 8.15. The minimum Gasteiger partial charge on any atom is -0.494 e. The van der Waals surface area contributed by atoms with Gasteiger partial charge in [0.05, 0.1) is 29.2 Å². The number of aliphatic imine (C=N–C) groups is 1. The summed E-state index contributed by atoms with van der Waals surface area (Å²) >= 11 is 1.50. The third-order valence-corrected chi connectivity index (χ3v) is 6.91. The number of para-hydroxylation sites is 1. The van der Waals surface area contributed by atoms with Crippen LogP contribution in [0.15, 0.2) is 77.8 Å². The average molecular weight is 500 g/mol. The van der Waals surface area contributed by atoms with Crippen molar-refractivity contribution in [3.63, 3.8) is 0 Å². The number of amides is 1. The summed E-state index contributed by atoms with van der Waals surface area (Å²) in [6.45, 7) is 5.54. The molecule has 0 radical (unpaired) electrons. The molecule has 3 aromatic carbocycles. The van der Waals surface area contributed by atoms with Crippen LogP contribution in [0.25, 0.3) is 0 Å². The summed E-state index contributed by atoms with van der Waals surface area (Å²) < 4.78 is 11.6. The van der Waals surface area contributed by atoms with Crippen LogP contribution in [0.2, 0.25) is 0 Å². The Hall–Kier alpha value is -3.76. The number of nitriles is 1. The fourth-order valence-corrected chi connectivity index (χ4v) is 5.18. The van der Waals surface area contributed by atoms with E-state index < -0.39 is 0 Å². The molecule has 0 N–H and O–H groups in total. The van der Waals surface area contributed by atoms with Gasteiger partial charge in [0.2, 0.25) is 5.91 Å². The molecule has 1 fully saturated rings.